The number of sulfonamides is 1. The quantitative estimate of drug-likeness (QED) is 0.887. The maximum Gasteiger partial charge on any atom is 0.240 e. The Morgan fingerprint density at radius 2 is 2.15 bits per heavy atom. The maximum absolute atomic E-state index is 12.2. The van der Waals surface area contributed by atoms with Crippen LogP contribution < -0.4 is 9.46 Å². The Labute approximate surface area is 118 Å². The van der Waals surface area contributed by atoms with Crippen molar-refractivity contribution >= 4 is 10.0 Å². The molecular weight excluding hydrogens is 278 g/mol. The van der Waals surface area contributed by atoms with Gasteiger partial charge in [0.2, 0.25) is 10.0 Å². The number of nitrogens with one attached hydrogen (secondary N) is 1. The highest BCUT2D eigenvalue weighted by atomic mass is 32.2. The van der Waals surface area contributed by atoms with E-state index in [-0.39, 0.29) is 10.9 Å². The number of hydrogen-bond donors (Lipinski definition) is 1. The van der Waals surface area contributed by atoms with Gasteiger partial charge in [0.25, 0.3) is 0 Å². The fraction of sp³-hybridized carbons (Fsp3) is 0.286. The number of rotatable bonds is 6. The van der Waals surface area contributed by atoms with Crippen LogP contribution >= 0.6 is 0 Å². The van der Waals surface area contributed by atoms with Crippen LogP contribution in [0.1, 0.15) is 12.5 Å². The average Bonchev–Trinajstić information content (AvgIpc) is 2.91. The van der Waals surface area contributed by atoms with Crippen molar-refractivity contribution in [2.45, 2.75) is 24.3 Å². The van der Waals surface area contributed by atoms with Gasteiger partial charge >= 0.3 is 0 Å². The average molecular weight is 295 g/mol. The van der Waals surface area contributed by atoms with Gasteiger partial charge in [0.15, 0.2) is 0 Å². The second kappa shape index (κ2) is 6.11. The second-order valence-electron chi connectivity index (χ2n) is 4.54. The minimum atomic E-state index is -3.56. The molecule has 20 heavy (non-hydrogen) atoms. The molecule has 0 saturated carbocycles. The summed E-state index contributed by atoms with van der Waals surface area (Å²) in [6.45, 7) is 1.81. The Morgan fingerprint density at radius 1 is 1.35 bits per heavy atom. The molecule has 0 radical (unpaired) electrons. The predicted molar refractivity (Wildman–Crippen MR) is 75.2 cm³/mol. The van der Waals surface area contributed by atoms with Crippen molar-refractivity contribution in [2.24, 2.45) is 0 Å². The number of furan rings is 1. The van der Waals surface area contributed by atoms with Crippen LogP contribution in [-0.4, -0.2) is 21.6 Å². The van der Waals surface area contributed by atoms with Gasteiger partial charge in [-0.1, -0.05) is 6.07 Å². The number of benzene rings is 1. The fourth-order valence-corrected chi connectivity index (χ4v) is 3.18. The van der Waals surface area contributed by atoms with Gasteiger partial charge in [0.05, 0.1) is 24.5 Å². The van der Waals surface area contributed by atoms with E-state index in [1.807, 2.05) is 13.0 Å². The lowest BCUT2D eigenvalue weighted by atomic mass is 10.1. The molecule has 1 aromatic heterocycles. The smallest absolute Gasteiger partial charge is 0.240 e. The summed E-state index contributed by atoms with van der Waals surface area (Å²) < 4.78 is 37.1. The van der Waals surface area contributed by atoms with E-state index in [9.17, 15) is 8.42 Å². The minimum absolute atomic E-state index is 0.191. The molecule has 0 fully saturated rings. The predicted octanol–water partition coefficient (Wildman–Crippen LogP) is 2.20. The SMILES string of the molecule is COc1cccc(S(=O)(=O)NC(C)Cc2ccoc2)c1. The summed E-state index contributed by atoms with van der Waals surface area (Å²) in [6.07, 6.45) is 3.74. The molecule has 1 N–H and O–H groups in total. The summed E-state index contributed by atoms with van der Waals surface area (Å²) in [5.74, 6) is 0.510. The van der Waals surface area contributed by atoms with Gasteiger partial charge in [0, 0.05) is 12.1 Å². The number of hydrogen-bond acceptors (Lipinski definition) is 4. The van der Waals surface area contributed by atoms with Crippen LogP contribution in [0.4, 0.5) is 0 Å². The second-order valence-corrected chi connectivity index (χ2v) is 6.25. The molecule has 0 bridgehead atoms. The highest BCUT2D eigenvalue weighted by molar-refractivity contribution is 7.89. The van der Waals surface area contributed by atoms with Crippen molar-refractivity contribution < 1.29 is 17.6 Å². The third kappa shape index (κ3) is 3.61. The standard InChI is InChI=1S/C14H17NO4S/c1-11(8-12-6-7-19-10-12)15-20(16,17)14-5-3-4-13(9-14)18-2/h3-7,9-11,15H,8H2,1-2H3. The van der Waals surface area contributed by atoms with Crippen LogP contribution in [0.25, 0.3) is 0 Å². The first-order valence-electron chi connectivity index (χ1n) is 6.19. The molecule has 0 spiro atoms. The normalized spacial score (nSPS) is 13.1. The fourth-order valence-electron chi connectivity index (χ4n) is 1.91. The molecule has 1 unspecified atom stereocenters. The zero-order valence-corrected chi connectivity index (χ0v) is 12.2. The third-order valence-electron chi connectivity index (χ3n) is 2.83. The van der Waals surface area contributed by atoms with E-state index in [0.717, 1.165) is 5.56 Å². The lowest BCUT2D eigenvalue weighted by molar-refractivity contribution is 0.413. The molecule has 5 nitrogen and oxygen atoms in total. The van der Waals surface area contributed by atoms with E-state index in [1.165, 1.54) is 19.2 Å². The Bertz CT molecular complexity index is 650. The molecule has 1 heterocycles. The summed E-state index contributed by atoms with van der Waals surface area (Å²) in [6, 6.07) is 7.96. The lowest BCUT2D eigenvalue weighted by Gasteiger charge is -2.13. The first-order chi connectivity index (χ1) is 9.51. The Morgan fingerprint density at radius 3 is 2.80 bits per heavy atom. The van der Waals surface area contributed by atoms with Gasteiger partial charge in [0.1, 0.15) is 5.75 Å². The molecule has 0 aliphatic carbocycles. The molecule has 0 aliphatic rings. The number of methoxy groups -OCH3 is 1. The van der Waals surface area contributed by atoms with E-state index < -0.39 is 10.0 Å². The number of ether oxygens (including phenoxy) is 1. The molecule has 108 valence electrons. The first kappa shape index (κ1) is 14.6. The highest BCUT2D eigenvalue weighted by Crippen LogP contribution is 2.17. The van der Waals surface area contributed by atoms with E-state index in [4.69, 9.17) is 9.15 Å². The van der Waals surface area contributed by atoms with Crippen molar-refractivity contribution in [3.05, 3.63) is 48.4 Å². The van der Waals surface area contributed by atoms with Gasteiger partial charge in [-0.3, -0.25) is 0 Å². The summed E-state index contributed by atoms with van der Waals surface area (Å²) >= 11 is 0. The molecule has 1 aromatic carbocycles. The molecule has 2 rings (SSSR count). The molecule has 2 aromatic rings. The topological polar surface area (TPSA) is 68.5 Å². The summed E-state index contributed by atoms with van der Waals surface area (Å²) in [5.41, 5.74) is 0.950. The third-order valence-corrected chi connectivity index (χ3v) is 4.42. The Hall–Kier alpha value is -1.79. The molecule has 0 amide bonds. The first-order valence-corrected chi connectivity index (χ1v) is 7.67. The van der Waals surface area contributed by atoms with Crippen LogP contribution in [0.5, 0.6) is 5.75 Å². The van der Waals surface area contributed by atoms with Crippen LogP contribution in [0.2, 0.25) is 0 Å². The largest absolute Gasteiger partial charge is 0.497 e. The molecule has 0 saturated heterocycles. The van der Waals surface area contributed by atoms with Gasteiger partial charge in [-0.25, -0.2) is 13.1 Å². The zero-order chi connectivity index (χ0) is 14.6. The molecule has 6 heteroatoms. The van der Waals surface area contributed by atoms with Crippen molar-refractivity contribution in [1.82, 2.24) is 4.72 Å². The Balaban J connectivity index is 2.10. The van der Waals surface area contributed by atoms with E-state index >= 15 is 0 Å². The van der Waals surface area contributed by atoms with Crippen molar-refractivity contribution in [3.8, 4) is 5.75 Å². The van der Waals surface area contributed by atoms with Gasteiger partial charge in [-0.05, 0) is 37.1 Å². The summed E-state index contributed by atoms with van der Waals surface area (Å²) in [5, 5.41) is 0. The van der Waals surface area contributed by atoms with Crippen molar-refractivity contribution in [2.75, 3.05) is 7.11 Å². The monoisotopic (exact) mass is 295 g/mol. The minimum Gasteiger partial charge on any atom is -0.497 e. The van der Waals surface area contributed by atoms with E-state index in [0.29, 0.717) is 12.2 Å². The highest BCUT2D eigenvalue weighted by Gasteiger charge is 2.18. The van der Waals surface area contributed by atoms with E-state index in [1.54, 1.807) is 24.7 Å². The van der Waals surface area contributed by atoms with E-state index in [2.05, 4.69) is 4.72 Å². The van der Waals surface area contributed by atoms with Crippen molar-refractivity contribution in [1.29, 1.82) is 0 Å². The van der Waals surface area contributed by atoms with Gasteiger partial charge < -0.3 is 9.15 Å². The maximum atomic E-state index is 12.2. The summed E-state index contributed by atoms with van der Waals surface area (Å²) in [4.78, 5) is 0.191. The molecule has 0 aliphatic heterocycles. The van der Waals surface area contributed by atoms with Crippen molar-refractivity contribution in [3.63, 3.8) is 0 Å². The zero-order valence-electron chi connectivity index (χ0n) is 11.4. The van der Waals surface area contributed by atoms with Crippen LogP contribution in [0.15, 0.2) is 52.2 Å². The van der Waals surface area contributed by atoms with Crippen LogP contribution in [-0.2, 0) is 16.4 Å². The Kier molecular flexibility index (Phi) is 4.46. The lowest BCUT2D eigenvalue weighted by Crippen LogP contribution is -2.34. The molecule has 1 atom stereocenters. The molecular formula is C14H17NO4S. The summed E-state index contributed by atoms with van der Waals surface area (Å²) in [7, 11) is -2.06. The van der Waals surface area contributed by atoms with Gasteiger partial charge in [-0.15, -0.1) is 0 Å². The van der Waals surface area contributed by atoms with Crippen LogP contribution in [0.3, 0.4) is 0 Å². The van der Waals surface area contributed by atoms with Crippen LogP contribution in [0, 0.1) is 0 Å². The van der Waals surface area contributed by atoms with Gasteiger partial charge in [-0.2, -0.15) is 0 Å².